The second-order valence-electron chi connectivity index (χ2n) is 3.80. The second kappa shape index (κ2) is 2.69. The maximum Gasteiger partial charge on any atom is 0.114 e. The van der Waals surface area contributed by atoms with Crippen molar-refractivity contribution in [3.05, 3.63) is 11.2 Å². The highest BCUT2D eigenvalue weighted by molar-refractivity contribution is 7.14. The molecule has 1 saturated heterocycles. The number of fused-ring (bicyclic) bond motifs is 1. The third-order valence-corrected chi connectivity index (χ3v) is 3.86. The second-order valence-corrected chi connectivity index (χ2v) is 4.63. The highest BCUT2D eigenvalue weighted by Crippen LogP contribution is 2.37. The summed E-state index contributed by atoms with van der Waals surface area (Å²) in [4.78, 5) is 6.82. The summed E-state index contributed by atoms with van der Waals surface area (Å²) < 4.78 is 0. The summed E-state index contributed by atoms with van der Waals surface area (Å²) in [5.41, 5.74) is 3.14. The maximum atomic E-state index is 4.30. The molecule has 1 N–H and O–H groups in total. The summed E-state index contributed by atoms with van der Waals surface area (Å²) in [6.07, 6.45) is 1.32. The minimum atomic E-state index is 0.757. The number of piperazine rings is 1. The van der Waals surface area contributed by atoms with Gasteiger partial charge in [-0.2, -0.15) is 0 Å². The summed E-state index contributed by atoms with van der Waals surface area (Å²) in [6.45, 7) is 4.37. The molecule has 2 atom stereocenters. The van der Waals surface area contributed by atoms with Crippen molar-refractivity contribution < 1.29 is 0 Å². The van der Waals surface area contributed by atoms with Gasteiger partial charge >= 0.3 is 0 Å². The number of nitrogens with one attached hydrogen (secondary N) is 1. The zero-order chi connectivity index (χ0) is 8.84. The lowest BCUT2D eigenvalue weighted by molar-refractivity contribution is 0.583. The van der Waals surface area contributed by atoms with Gasteiger partial charge in [0.15, 0.2) is 0 Å². The van der Waals surface area contributed by atoms with E-state index in [-0.39, 0.29) is 0 Å². The van der Waals surface area contributed by atoms with E-state index in [0.717, 1.165) is 25.2 Å². The summed E-state index contributed by atoms with van der Waals surface area (Å²) in [6, 6.07) is 1.52. The molecule has 2 fully saturated rings. The number of thiazole rings is 1. The standard InChI is InChI=1S/C9H13N3S/c1-6-9(13-5-11-6)12-3-2-10-7-4-8(7)12/h5,7-8,10H,2-4H2,1H3. The zero-order valence-electron chi connectivity index (χ0n) is 7.66. The Balaban J connectivity index is 1.88. The van der Waals surface area contributed by atoms with Crippen molar-refractivity contribution in [1.29, 1.82) is 0 Å². The van der Waals surface area contributed by atoms with E-state index in [1.807, 2.05) is 5.51 Å². The molecule has 0 aromatic carbocycles. The number of rotatable bonds is 1. The van der Waals surface area contributed by atoms with Crippen LogP contribution in [0.2, 0.25) is 0 Å². The first-order chi connectivity index (χ1) is 6.36. The number of aryl methyl sites for hydroxylation is 1. The molecule has 1 aromatic heterocycles. The lowest BCUT2D eigenvalue weighted by Crippen LogP contribution is -2.43. The quantitative estimate of drug-likeness (QED) is 0.724. The van der Waals surface area contributed by atoms with Crippen LogP contribution in [0.25, 0.3) is 0 Å². The Morgan fingerprint density at radius 1 is 1.69 bits per heavy atom. The Labute approximate surface area is 81.8 Å². The van der Waals surface area contributed by atoms with Gasteiger partial charge in [0.1, 0.15) is 5.00 Å². The van der Waals surface area contributed by atoms with Gasteiger partial charge in [0.05, 0.1) is 11.2 Å². The third-order valence-electron chi connectivity index (χ3n) is 2.90. The molecule has 0 radical (unpaired) electrons. The van der Waals surface area contributed by atoms with Crippen molar-refractivity contribution in [2.45, 2.75) is 25.4 Å². The minimum absolute atomic E-state index is 0.757. The molecule has 4 heteroatoms. The normalized spacial score (nSPS) is 31.6. The van der Waals surface area contributed by atoms with Gasteiger partial charge in [-0.05, 0) is 13.3 Å². The Kier molecular flexibility index (Phi) is 1.60. The van der Waals surface area contributed by atoms with Gasteiger partial charge in [-0.1, -0.05) is 0 Å². The lowest BCUT2D eigenvalue weighted by atomic mass is 10.3. The molecule has 0 bridgehead atoms. The molecule has 1 aliphatic carbocycles. The first-order valence-corrected chi connectivity index (χ1v) is 5.64. The van der Waals surface area contributed by atoms with E-state index in [4.69, 9.17) is 0 Å². The van der Waals surface area contributed by atoms with Crippen LogP contribution in [0.4, 0.5) is 5.00 Å². The zero-order valence-corrected chi connectivity index (χ0v) is 8.47. The van der Waals surface area contributed by atoms with Gasteiger partial charge < -0.3 is 10.2 Å². The summed E-state index contributed by atoms with van der Waals surface area (Å²) >= 11 is 1.77. The molecular formula is C9H13N3S. The van der Waals surface area contributed by atoms with Gasteiger partial charge in [0.25, 0.3) is 0 Å². The van der Waals surface area contributed by atoms with E-state index in [2.05, 4.69) is 22.1 Å². The molecule has 1 aromatic rings. The van der Waals surface area contributed by atoms with E-state index in [9.17, 15) is 0 Å². The molecular weight excluding hydrogens is 182 g/mol. The SMILES string of the molecule is Cc1ncsc1N1CCNC2CC21. The van der Waals surface area contributed by atoms with Crippen LogP contribution in [0.3, 0.4) is 0 Å². The molecule has 0 spiro atoms. The van der Waals surface area contributed by atoms with Crippen molar-refractivity contribution in [2.75, 3.05) is 18.0 Å². The van der Waals surface area contributed by atoms with Crippen LogP contribution in [-0.2, 0) is 0 Å². The average Bonchev–Trinajstić information content (AvgIpc) is 2.82. The number of hydrogen-bond donors (Lipinski definition) is 1. The molecule has 3 nitrogen and oxygen atoms in total. The highest BCUT2D eigenvalue weighted by Gasteiger charge is 2.44. The van der Waals surface area contributed by atoms with Gasteiger partial charge in [-0.15, -0.1) is 11.3 Å². The fraction of sp³-hybridized carbons (Fsp3) is 0.667. The van der Waals surface area contributed by atoms with Crippen LogP contribution in [0, 0.1) is 6.92 Å². The average molecular weight is 195 g/mol. The first-order valence-electron chi connectivity index (χ1n) is 4.76. The van der Waals surface area contributed by atoms with Crippen molar-refractivity contribution in [3.8, 4) is 0 Å². The van der Waals surface area contributed by atoms with Crippen molar-refractivity contribution in [3.63, 3.8) is 0 Å². The topological polar surface area (TPSA) is 28.2 Å². The highest BCUT2D eigenvalue weighted by atomic mass is 32.1. The molecule has 2 unspecified atom stereocenters. The molecule has 3 rings (SSSR count). The van der Waals surface area contributed by atoms with Crippen molar-refractivity contribution in [1.82, 2.24) is 10.3 Å². The van der Waals surface area contributed by atoms with E-state index in [1.54, 1.807) is 11.3 Å². The molecule has 1 aliphatic heterocycles. The molecule has 2 heterocycles. The van der Waals surface area contributed by atoms with Crippen LogP contribution in [0.1, 0.15) is 12.1 Å². The minimum Gasteiger partial charge on any atom is -0.356 e. The number of nitrogens with zero attached hydrogens (tertiary/aromatic N) is 2. The fourth-order valence-corrected chi connectivity index (χ4v) is 3.00. The van der Waals surface area contributed by atoms with Crippen LogP contribution in [-0.4, -0.2) is 30.2 Å². The Morgan fingerprint density at radius 3 is 3.38 bits per heavy atom. The van der Waals surface area contributed by atoms with Crippen LogP contribution < -0.4 is 10.2 Å². The van der Waals surface area contributed by atoms with Gasteiger partial charge in [-0.3, -0.25) is 0 Å². The Morgan fingerprint density at radius 2 is 2.62 bits per heavy atom. The van der Waals surface area contributed by atoms with E-state index < -0.39 is 0 Å². The predicted molar refractivity (Wildman–Crippen MR) is 54.4 cm³/mol. The van der Waals surface area contributed by atoms with Crippen molar-refractivity contribution in [2.24, 2.45) is 0 Å². The Hall–Kier alpha value is -0.610. The predicted octanol–water partition coefficient (Wildman–Crippen LogP) is 1.00. The summed E-state index contributed by atoms with van der Waals surface area (Å²) in [7, 11) is 0. The summed E-state index contributed by atoms with van der Waals surface area (Å²) in [5.74, 6) is 0. The van der Waals surface area contributed by atoms with Gasteiger partial charge in [0, 0.05) is 25.2 Å². The van der Waals surface area contributed by atoms with E-state index in [1.165, 1.54) is 17.1 Å². The van der Waals surface area contributed by atoms with E-state index >= 15 is 0 Å². The molecule has 0 amide bonds. The smallest absolute Gasteiger partial charge is 0.114 e. The van der Waals surface area contributed by atoms with Gasteiger partial charge in [0.2, 0.25) is 0 Å². The maximum absolute atomic E-state index is 4.30. The van der Waals surface area contributed by atoms with Gasteiger partial charge in [-0.25, -0.2) is 4.98 Å². The molecule has 13 heavy (non-hydrogen) atoms. The van der Waals surface area contributed by atoms with Crippen LogP contribution in [0.15, 0.2) is 5.51 Å². The molecule has 1 saturated carbocycles. The lowest BCUT2D eigenvalue weighted by Gasteiger charge is -2.28. The van der Waals surface area contributed by atoms with E-state index in [0.29, 0.717) is 0 Å². The summed E-state index contributed by atoms with van der Waals surface area (Å²) in [5, 5.41) is 4.89. The largest absolute Gasteiger partial charge is 0.356 e. The third kappa shape index (κ3) is 1.16. The first kappa shape index (κ1) is 7.76. The fourth-order valence-electron chi connectivity index (χ4n) is 2.11. The monoisotopic (exact) mass is 195 g/mol. The van der Waals surface area contributed by atoms with Crippen LogP contribution >= 0.6 is 11.3 Å². The molecule has 70 valence electrons. The van der Waals surface area contributed by atoms with Crippen molar-refractivity contribution >= 4 is 16.3 Å². The number of hydrogen-bond acceptors (Lipinski definition) is 4. The number of aromatic nitrogens is 1. The van der Waals surface area contributed by atoms with Crippen LogP contribution in [0.5, 0.6) is 0 Å². The number of anilines is 1. The molecule has 2 aliphatic rings. The Bertz CT molecular complexity index is 322.